The van der Waals surface area contributed by atoms with E-state index < -0.39 is 11.9 Å². The maximum atomic E-state index is 10.9. The zero-order valence-corrected chi connectivity index (χ0v) is 10.1. The van der Waals surface area contributed by atoms with Gasteiger partial charge in [0.15, 0.2) is 0 Å². The van der Waals surface area contributed by atoms with E-state index in [2.05, 4.69) is 15.3 Å². The molecular weight excluding hydrogens is 224 g/mol. The lowest BCUT2D eigenvalue weighted by atomic mass is 10.2. The number of carbonyl (C=O) groups is 1. The van der Waals surface area contributed by atoms with Crippen LogP contribution in [0.3, 0.4) is 0 Å². The second-order valence-electron chi connectivity index (χ2n) is 3.38. The van der Waals surface area contributed by atoms with Gasteiger partial charge < -0.3 is 20.5 Å². The monoisotopic (exact) mass is 240 g/mol. The molecule has 0 radical (unpaired) electrons. The summed E-state index contributed by atoms with van der Waals surface area (Å²) >= 11 is 0. The molecule has 7 nitrogen and oxygen atoms in total. The summed E-state index contributed by atoms with van der Waals surface area (Å²) in [6.45, 7) is 2.00. The Morgan fingerprint density at radius 1 is 1.41 bits per heavy atom. The molecule has 17 heavy (non-hydrogen) atoms. The van der Waals surface area contributed by atoms with Crippen molar-refractivity contribution in [1.29, 1.82) is 0 Å². The van der Waals surface area contributed by atoms with Crippen LogP contribution in [-0.4, -0.2) is 36.1 Å². The normalized spacial score (nSPS) is 11.9. The third kappa shape index (κ3) is 3.28. The van der Waals surface area contributed by atoms with Gasteiger partial charge in [-0.1, -0.05) is 0 Å². The quantitative estimate of drug-likeness (QED) is 0.692. The Labute approximate surface area is 99.3 Å². The maximum Gasteiger partial charge on any atom is 0.234 e. The molecule has 0 aliphatic heterocycles. The van der Waals surface area contributed by atoms with Crippen LogP contribution in [0.2, 0.25) is 0 Å². The number of hydrogen-bond acceptors (Lipinski definition) is 6. The molecule has 1 aromatic rings. The number of carbonyl (C=O) groups excluding carboxylic acids is 1. The molecular formula is C10H16N4O3. The Morgan fingerprint density at radius 3 is 2.35 bits per heavy atom. The Morgan fingerprint density at radius 2 is 1.94 bits per heavy atom. The minimum absolute atomic E-state index is 0.331. The van der Waals surface area contributed by atoms with Crippen LogP contribution in [0.25, 0.3) is 0 Å². The highest BCUT2D eigenvalue weighted by Gasteiger charge is 2.15. The summed E-state index contributed by atoms with van der Waals surface area (Å²) in [5.41, 5.74) is 5.79. The summed E-state index contributed by atoms with van der Waals surface area (Å²) in [7, 11) is 3.01. The van der Waals surface area contributed by atoms with Gasteiger partial charge in [0.05, 0.1) is 25.8 Å². The van der Waals surface area contributed by atoms with Crippen molar-refractivity contribution >= 4 is 5.91 Å². The highest BCUT2D eigenvalue weighted by Crippen LogP contribution is 2.22. The first-order chi connectivity index (χ1) is 8.10. The lowest BCUT2D eigenvalue weighted by Crippen LogP contribution is -2.38. The van der Waals surface area contributed by atoms with E-state index >= 15 is 0 Å². The van der Waals surface area contributed by atoms with E-state index in [1.807, 2.05) is 0 Å². The minimum Gasteiger partial charge on any atom is -0.481 e. The number of methoxy groups -OCH3 is 2. The molecule has 1 unspecified atom stereocenters. The summed E-state index contributed by atoms with van der Waals surface area (Å²) in [5.74, 6) is 0.377. The molecule has 0 fully saturated rings. The van der Waals surface area contributed by atoms with Gasteiger partial charge in [-0.15, -0.1) is 0 Å². The van der Waals surface area contributed by atoms with Crippen molar-refractivity contribution in [2.75, 3.05) is 14.2 Å². The van der Waals surface area contributed by atoms with Crippen LogP contribution in [-0.2, 0) is 11.3 Å². The van der Waals surface area contributed by atoms with Crippen molar-refractivity contribution in [3.05, 3.63) is 11.9 Å². The predicted molar refractivity (Wildman–Crippen MR) is 60.6 cm³/mol. The van der Waals surface area contributed by atoms with Gasteiger partial charge in [-0.3, -0.25) is 4.79 Å². The van der Waals surface area contributed by atoms with Gasteiger partial charge in [0.1, 0.15) is 6.33 Å². The number of amides is 1. The molecule has 1 amide bonds. The van der Waals surface area contributed by atoms with Gasteiger partial charge in [-0.2, -0.15) is 0 Å². The van der Waals surface area contributed by atoms with Crippen molar-refractivity contribution in [3.8, 4) is 11.8 Å². The van der Waals surface area contributed by atoms with Crippen LogP contribution >= 0.6 is 0 Å². The van der Waals surface area contributed by atoms with Crippen LogP contribution in [0.4, 0.5) is 0 Å². The van der Waals surface area contributed by atoms with Crippen molar-refractivity contribution in [2.24, 2.45) is 5.73 Å². The molecule has 0 aliphatic rings. The standard InChI is InChI=1S/C10H16N4O3/c1-6(8(11)15)12-4-7-9(16-2)13-5-14-10(7)17-3/h5-6,12H,4H2,1-3H3,(H2,11,15). The number of aromatic nitrogens is 2. The van der Waals surface area contributed by atoms with Crippen molar-refractivity contribution < 1.29 is 14.3 Å². The molecule has 94 valence electrons. The van der Waals surface area contributed by atoms with Gasteiger partial charge in [0.25, 0.3) is 0 Å². The van der Waals surface area contributed by atoms with Gasteiger partial charge in [-0.25, -0.2) is 9.97 Å². The third-order valence-electron chi connectivity index (χ3n) is 2.26. The van der Waals surface area contributed by atoms with Crippen LogP contribution < -0.4 is 20.5 Å². The molecule has 1 atom stereocenters. The number of rotatable bonds is 6. The van der Waals surface area contributed by atoms with Crippen LogP contribution in [0.5, 0.6) is 11.8 Å². The summed E-state index contributed by atoms with van der Waals surface area (Å²) in [6.07, 6.45) is 1.35. The fourth-order valence-electron chi connectivity index (χ4n) is 1.24. The Hall–Kier alpha value is -1.89. The number of nitrogens with zero attached hydrogens (tertiary/aromatic N) is 2. The molecule has 1 rings (SSSR count). The molecule has 0 spiro atoms. The van der Waals surface area contributed by atoms with Gasteiger partial charge in [0, 0.05) is 6.54 Å². The van der Waals surface area contributed by atoms with Gasteiger partial charge in [-0.05, 0) is 6.92 Å². The van der Waals surface area contributed by atoms with Crippen LogP contribution in [0, 0.1) is 0 Å². The average molecular weight is 240 g/mol. The highest BCUT2D eigenvalue weighted by atomic mass is 16.5. The maximum absolute atomic E-state index is 10.9. The highest BCUT2D eigenvalue weighted by molar-refractivity contribution is 5.79. The third-order valence-corrected chi connectivity index (χ3v) is 2.26. The zero-order valence-electron chi connectivity index (χ0n) is 10.1. The van der Waals surface area contributed by atoms with Crippen LogP contribution in [0.1, 0.15) is 12.5 Å². The van der Waals surface area contributed by atoms with Crippen molar-refractivity contribution in [3.63, 3.8) is 0 Å². The van der Waals surface area contributed by atoms with Gasteiger partial charge in [0.2, 0.25) is 17.7 Å². The van der Waals surface area contributed by atoms with E-state index in [0.717, 1.165) is 0 Å². The number of nitrogens with two attached hydrogens (primary N) is 1. The smallest absolute Gasteiger partial charge is 0.234 e. The molecule has 7 heteroatoms. The zero-order chi connectivity index (χ0) is 12.8. The molecule has 0 bridgehead atoms. The summed E-state index contributed by atoms with van der Waals surface area (Å²) in [6, 6.07) is -0.454. The fraction of sp³-hybridized carbons (Fsp3) is 0.500. The first kappa shape index (κ1) is 13.2. The van der Waals surface area contributed by atoms with E-state index in [0.29, 0.717) is 23.9 Å². The molecule has 1 heterocycles. The number of nitrogens with one attached hydrogen (secondary N) is 1. The second kappa shape index (κ2) is 6.00. The number of primary amides is 1. The van der Waals surface area contributed by atoms with Gasteiger partial charge >= 0.3 is 0 Å². The molecule has 1 aromatic heterocycles. The second-order valence-corrected chi connectivity index (χ2v) is 3.38. The van der Waals surface area contributed by atoms with Crippen molar-refractivity contribution in [2.45, 2.75) is 19.5 Å². The topological polar surface area (TPSA) is 99.4 Å². The summed E-state index contributed by atoms with van der Waals surface area (Å²) in [4.78, 5) is 18.8. The predicted octanol–water partition coefficient (Wildman–Crippen LogP) is -0.543. The van der Waals surface area contributed by atoms with E-state index in [1.54, 1.807) is 6.92 Å². The molecule has 0 aromatic carbocycles. The van der Waals surface area contributed by atoms with Crippen LogP contribution in [0.15, 0.2) is 6.33 Å². The number of ether oxygens (including phenoxy) is 2. The average Bonchev–Trinajstić information content (AvgIpc) is 2.34. The van der Waals surface area contributed by atoms with Crippen molar-refractivity contribution in [1.82, 2.24) is 15.3 Å². The van der Waals surface area contributed by atoms with E-state index in [1.165, 1.54) is 20.5 Å². The number of hydrogen-bond donors (Lipinski definition) is 2. The molecule has 0 saturated heterocycles. The Bertz CT molecular complexity index is 375. The lowest BCUT2D eigenvalue weighted by Gasteiger charge is -2.13. The lowest BCUT2D eigenvalue weighted by molar-refractivity contribution is -0.119. The minimum atomic E-state index is -0.454. The summed E-state index contributed by atoms with van der Waals surface area (Å²) < 4.78 is 10.2. The molecule has 3 N–H and O–H groups in total. The van der Waals surface area contributed by atoms with E-state index in [4.69, 9.17) is 15.2 Å². The fourth-order valence-corrected chi connectivity index (χ4v) is 1.24. The first-order valence-corrected chi connectivity index (χ1v) is 5.04. The van der Waals surface area contributed by atoms with E-state index in [-0.39, 0.29) is 0 Å². The summed E-state index contributed by atoms with van der Waals surface area (Å²) in [5, 5.41) is 2.93. The van der Waals surface area contributed by atoms with E-state index in [9.17, 15) is 4.79 Å². The first-order valence-electron chi connectivity index (χ1n) is 5.04. The Balaban J connectivity index is 2.84. The largest absolute Gasteiger partial charge is 0.481 e. The molecule has 0 saturated carbocycles. The molecule has 0 aliphatic carbocycles. The SMILES string of the molecule is COc1ncnc(OC)c1CNC(C)C(N)=O. The Kier molecular flexibility index (Phi) is 4.65.